The van der Waals surface area contributed by atoms with Gasteiger partial charge in [-0.3, -0.25) is 14.4 Å². The lowest BCUT2D eigenvalue weighted by Crippen LogP contribution is -2.43. The highest BCUT2D eigenvalue weighted by molar-refractivity contribution is 8.13. The summed E-state index contributed by atoms with van der Waals surface area (Å²) in [4.78, 5) is 36.2. The Bertz CT molecular complexity index is 416. The quantitative estimate of drug-likeness (QED) is 0.776. The predicted octanol–water partition coefficient (Wildman–Crippen LogP) is 1.39. The van der Waals surface area contributed by atoms with Gasteiger partial charge in [-0.15, -0.1) is 0 Å². The lowest BCUT2D eigenvalue weighted by molar-refractivity contribution is -0.149. The molecule has 2 fully saturated rings. The Kier molecular flexibility index (Phi) is 5.90. The van der Waals surface area contributed by atoms with E-state index in [0.717, 1.165) is 19.3 Å². The minimum Gasteiger partial charge on any atom is -0.454 e. The summed E-state index contributed by atoms with van der Waals surface area (Å²) in [6, 6.07) is 0.182. The molecule has 118 valence electrons. The van der Waals surface area contributed by atoms with Crippen molar-refractivity contribution in [1.29, 1.82) is 0 Å². The van der Waals surface area contributed by atoms with Gasteiger partial charge in [0.2, 0.25) is 0 Å². The van der Waals surface area contributed by atoms with Crippen LogP contribution in [0.2, 0.25) is 0 Å². The van der Waals surface area contributed by atoms with Gasteiger partial charge in [0.05, 0.1) is 0 Å². The Labute approximate surface area is 129 Å². The van der Waals surface area contributed by atoms with Crippen LogP contribution in [0.1, 0.15) is 32.6 Å². The average molecular weight is 314 g/mol. The molecule has 7 heteroatoms. The van der Waals surface area contributed by atoms with Crippen molar-refractivity contribution in [3.8, 4) is 0 Å². The molecule has 21 heavy (non-hydrogen) atoms. The van der Waals surface area contributed by atoms with E-state index in [4.69, 9.17) is 4.74 Å². The van der Waals surface area contributed by atoms with Crippen LogP contribution in [0.3, 0.4) is 0 Å². The summed E-state index contributed by atoms with van der Waals surface area (Å²) in [7, 11) is 0. The summed E-state index contributed by atoms with van der Waals surface area (Å²) in [5.41, 5.74) is 0. The topological polar surface area (TPSA) is 75.7 Å². The molecule has 1 aliphatic carbocycles. The first-order valence-corrected chi connectivity index (χ1v) is 8.41. The highest BCUT2D eigenvalue weighted by Gasteiger charge is 2.25. The number of hydrogen-bond donors (Lipinski definition) is 1. The molecule has 1 heterocycles. The van der Waals surface area contributed by atoms with E-state index in [1.807, 2.05) is 0 Å². The molecule has 1 saturated heterocycles. The lowest BCUT2D eigenvalue weighted by Gasteiger charge is -2.29. The van der Waals surface area contributed by atoms with Crippen molar-refractivity contribution >= 4 is 28.9 Å². The predicted molar refractivity (Wildman–Crippen MR) is 79.9 cm³/mol. The van der Waals surface area contributed by atoms with E-state index in [9.17, 15) is 14.4 Å². The van der Waals surface area contributed by atoms with Gasteiger partial charge >= 0.3 is 5.97 Å². The Balaban J connectivity index is 1.66. The second-order valence-electron chi connectivity index (χ2n) is 5.63. The smallest absolute Gasteiger partial charge is 0.326 e. The van der Waals surface area contributed by atoms with Crippen LogP contribution in [0.15, 0.2) is 0 Å². The minimum absolute atomic E-state index is 0.0705. The van der Waals surface area contributed by atoms with Crippen LogP contribution < -0.4 is 5.32 Å². The zero-order valence-corrected chi connectivity index (χ0v) is 13.1. The normalized spacial score (nSPS) is 25.8. The van der Waals surface area contributed by atoms with Crippen molar-refractivity contribution in [3.05, 3.63) is 0 Å². The Morgan fingerprint density at radius 1 is 1.38 bits per heavy atom. The molecule has 1 N–H and O–H groups in total. The van der Waals surface area contributed by atoms with Crippen molar-refractivity contribution in [2.24, 2.45) is 5.92 Å². The van der Waals surface area contributed by atoms with E-state index in [0.29, 0.717) is 18.2 Å². The summed E-state index contributed by atoms with van der Waals surface area (Å²) in [5, 5.41) is 2.82. The molecule has 0 aromatic carbocycles. The van der Waals surface area contributed by atoms with Crippen LogP contribution >= 0.6 is 11.8 Å². The number of thioether (sulfide) groups is 1. The number of nitrogens with one attached hydrogen (secondary N) is 1. The highest BCUT2D eigenvalue weighted by atomic mass is 32.2. The number of carbonyl (C=O) groups is 3. The van der Waals surface area contributed by atoms with E-state index in [1.165, 1.54) is 23.1 Å². The van der Waals surface area contributed by atoms with Gasteiger partial charge in [-0.25, -0.2) is 0 Å². The maximum atomic E-state index is 11.8. The summed E-state index contributed by atoms with van der Waals surface area (Å²) >= 11 is 1.20. The maximum Gasteiger partial charge on any atom is 0.326 e. The van der Waals surface area contributed by atoms with Crippen LogP contribution in [-0.2, 0) is 14.3 Å². The third-order valence-corrected chi connectivity index (χ3v) is 4.88. The largest absolute Gasteiger partial charge is 0.454 e. The van der Waals surface area contributed by atoms with Crippen molar-refractivity contribution in [1.82, 2.24) is 10.2 Å². The summed E-state index contributed by atoms with van der Waals surface area (Å²) < 4.78 is 4.94. The van der Waals surface area contributed by atoms with E-state index in [2.05, 4.69) is 12.2 Å². The van der Waals surface area contributed by atoms with Gasteiger partial charge in [-0.1, -0.05) is 31.5 Å². The van der Waals surface area contributed by atoms with Crippen LogP contribution in [-0.4, -0.2) is 53.5 Å². The molecule has 2 rings (SSSR count). The summed E-state index contributed by atoms with van der Waals surface area (Å²) in [5.74, 6) is 0.381. The second kappa shape index (κ2) is 7.68. The van der Waals surface area contributed by atoms with E-state index < -0.39 is 5.97 Å². The molecule has 2 aliphatic rings. The van der Waals surface area contributed by atoms with Crippen LogP contribution in [0.25, 0.3) is 0 Å². The van der Waals surface area contributed by atoms with Gasteiger partial charge in [0.15, 0.2) is 6.61 Å². The highest BCUT2D eigenvalue weighted by Crippen LogP contribution is 2.23. The number of esters is 1. The first-order valence-electron chi connectivity index (χ1n) is 7.43. The SMILES string of the molecule is C[C@@H]1CCCC[C@@H]1NC(=O)COC(=O)CN1CCSC1=O. The fraction of sp³-hybridized carbons (Fsp3) is 0.786. The lowest BCUT2D eigenvalue weighted by atomic mass is 9.86. The molecular formula is C14H22N2O4S. The number of rotatable bonds is 5. The fourth-order valence-corrected chi connectivity index (χ4v) is 3.52. The molecule has 2 atom stereocenters. The number of carbonyl (C=O) groups excluding carboxylic acids is 3. The molecule has 0 aromatic rings. The molecule has 6 nitrogen and oxygen atoms in total. The van der Waals surface area contributed by atoms with E-state index in [-0.39, 0.29) is 30.3 Å². The Morgan fingerprint density at radius 2 is 2.14 bits per heavy atom. The zero-order chi connectivity index (χ0) is 15.2. The van der Waals surface area contributed by atoms with Gasteiger partial charge in [-0.2, -0.15) is 0 Å². The molecule has 0 bridgehead atoms. The Morgan fingerprint density at radius 3 is 2.81 bits per heavy atom. The van der Waals surface area contributed by atoms with Crippen LogP contribution in [0.5, 0.6) is 0 Å². The maximum absolute atomic E-state index is 11.8. The van der Waals surface area contributed by atoms with E-state index in [1.54, 1.807) is 0 Å². The minimum atomic E-state index is -0.530. The molecule has 1 saturated carbocycles. The number of ether oxygens (including phenoxy) is 1. The number of amides is 2. The third kappa shape index (κ3) is 4.91. The number of hydrogen-bond acceptors (Lipinski definition) is 5. The first-order chi connectivity index (χ1) is 10.1. The standard InChI is InChI=1S/C14H22N2O4S/c1-10-4-2-3-5-11(10)15-12(17)9-20-13(18)8-16-6-7-21-14(16)19/h10-11H,2-9H2,1H3,(H,15,17)/t10-,11+/m1/s1. The molecule has 0 spiro atoms. The summed E-state index contributed by atoms with van der Waals surface area (Å²) in [6.45, 7) is 2.35. The summed E-state index contributed by atoms with van der Waals surface area (Å²) in [6.07, 6.45) is 4.45. The molecule has 0 unspecified atom stereocenters. The third-order valence-electron chi connectivity index (χ3n) is 3.99. The average Bonchev–Trinajstić information content (AvgIpc) is 2.85. The number of nitrogens with zero attached hydrogens (tertiary/aromatic N) is 1. The van der Waals surface area contributed by atoms with Gasteiger partial charge in [0.1, 0.15) is 6.54 Å². The molecule has 0 aromatic heterocycles. The van der Waals surface area contributed by atoms with Crippen molar-refractivity contribution in [2.45, 2.75) is 38.6 Å². The molecule has 0 radical (unpaired) electrons. The van der Waals surface area contributed by atoms with Gasteiger partial charge < -0.3 is 15.0 Å². The Hall–Kier alpha value is -1.24. The van der Waals surface area contributed by atoms with Gasteiger partial charge in [0.25, 0.3) is 11.1 Å². The second-order valence-corrected chi connectivity index (χ2v) is 6.68. The van der Waals surface area contributed by atoms with Crippen LogP contribution in [0, 0.1) is 5.92 Å². The van der Waals surface area contributed by atoms with Gasteiger partial charge in [-0.05, 0) is 18.8 Å². The molecular weight excluding hydrogens is 292 g/mol. The zero-order valence-electron chi connectivity index (χ0n) is 12.3. The van der Waals surface area contributed by atoms with Crippen molar-refractivity contribution in [2.75, 3.05) is 25.4 Å². The van der Waals surface area contributed by atoms with Gasteiger partial charge in [0, 0.05) is 18.3 Å². The fourth-order valence-electron chi connectivity index (χ4n) is 2.70. The monoisotopic (exact) mass is 314 g/mol. The van der Waals surface area contributed by atoms with Crippen molar-refractivity contribution < 1.29 is 19.1 Å². The van der Waals surface area contributed by atoms with Crippen LogP contribution in [0.4, 0.5) is 4.79 Å². The molecule has 2 amide bonds. The van der Waals surface area contributed by atoms with E-state index >= 15 is 0 Å². The van der Waals surface area contributed by atoms with Crippen molar-refractivity contribution in [3.63, 3.8) is 0 Å². The molecule has 1 aliphatic heterocycles. The first kappa shape index (κ1) is 16.1.